The number of hydrogen-bond donors (Lipinski definition) is 0. The first-order valence-corrected chi connectivity index (χ1v) is 5.46. The molecular weight excluding hydrogens is 284 g/mol. The van der Waals surface area contributed by atoms with Crippen molar-refractivity contribution in [2.45, 2.75) is 18.9 Å². The number of rotatable bonds is 2. The molecule has 0 aromatic heterocycles. The van der Waals surface area contributed by atoms with Gasteiger partial charge in [0.05, 0.1) is 10.6 Å². The Balaban J connectivity index is 2.21. The monoisotopic (exact) mass is 290 g/mol. The Bertz CT molecular complexity index is 295. The normalized spacial score (nSPS) is 16.2. The molecular formula is C9H8Br2O. The molecule has 0 aliphatic heterocycles. The average molecular weight is 292 g/mol. The number of ether oxygens (including phenoxy) is 1. The molecule has 0 bridgehead atoms. The van der Waals surface area contributed by atoms with Gasteiger partial charge in [0.25, 0.3) is 0 Å². The van der Waals surface area contributed by atoms with Gasteiger partial charge in [0.1, 0.15) is 5.75 Å². The third-order valence-electron chi connectivity index (χ3n) is 1.71. The van der Waals surface area contributed by atoms with Crippen LogP contribution in [0.5, 0.6) is 5.75 Å². The Labute approximate surface area is 88.4 Å². The Hall–Kier alpha value is -0.0200. The molecule has 1 aromatic rings. The van der Waals surface area contributed by atoms with Gasteiger partial charge < -0.3 is 4.74 Å². The summed E-state index contributed by atoms with van der Waals surface area (Å²) in [5.41, 5.74) is 0. The van der Waals surface area contributed by atoms with Crippen LogP contribution in [0.15, 0.2) is 27.1 Å². The van der Waals surface area contributed by atoms with Gasteiger partial charge in [0.15, 0.2) is 0 Å². The van der Waals surface area contributed by atoms with E-state index in [1.54, 1.807) is 0 Å². The van der Waals surface area contributed by atoms with Gasteiger partial charge in [-0.2, -0.15) is 0 Å². The van der Waals surface area contributed by atoms with Gasteiger partial charge >= 0.3 is 0 Å². The van der Waals surface area contributed by atoms with Crippen molar-refractivity contribution in [3.63, 3.8) is 0 Å². The molecule has 0 radical (unpaired) electrons. The fourth-order valence-corrected chi connectivity index (χ4v) is 1.61. The Morgan fingerprint density at radius 3 is 2.67 bits per heavy atom. The van der Waals surface area contributed by atoms with Crippen LogP contribution in [0.1, 0.15) is 12.8 Å². The van der Waals surface area contributed by atoms with Crippen molar-refractivity contribution >= 4 is 31.9 Å². The van der Waals surface area contributed by atoms with E-state index in [1.165, 1.54) is 12.8 Å². The highest BCUT2D eigenvalue weighted by Gasteiger charge is 2.24. The second-order valence-corrected chi connectivity index (χ2v) is 4.66. The van der Waals surface area contributed by atoms with Crippen LogP contribution in [0.4, 0.5) is 0 Å². The Morgan fingerprint density at radius 1 is 1.25 bits per heavy atom. The van der Waals surface area contributed by atoms with Gasteiger partial charge in [0, 0.05) is 4.47 Å². The van der Waals surface area contributed by atoms with Crippen LogP contribution in [-0.2, 0) is 0 Å². The van der Waals surface area contributed by atoms with Crippen molar-refractivity contribution in [2.24, 2.45) is 0 Å². The van der Waals surface area contributed by atoms with E-state index in [1.807, 2.05) is 18.2 Å². The van der Waals surface area contributed by atoms with Gasteiger partial charge in [-0.3, -0.25) is 0 Å². The fraction of sp³-hybridized carbons (Fsp3) is 0.333. The van der Waals surface area contributed by atoms with Gasteiger partial charge in [-0.05, 0) is 47.0 Å². The summed E-state index contributed by atoms with van der Waals surface area (Å²) in [6, 6.07) is 5.97. The average Bonchev–Trinajstić information content (AvgIpc) is 2.81. The molecule has 0 N–H and O–H groups in total. The molecule has 3 heteroatoms. The smallest absolute Gasteiger partial charge is 0.135 e. The zero-order valence-corrected chi connectivity index (χ0v) is 9.56. The molecule has 1 fully saturated rings. The third-order valence-corrected chi connectivity index (χ3v) is 2.86. The topological polar surface area (TPSA) is 9.23 Å². The molecule has 1 aromatic carbocycles. The van der Waals surface area contributed by atoms with Gasteiger partial charge in [-0.25, -0.2) is 0 Å². The molecule has 0 unspecified atom stereocenters. The van der Waals surface area contributed by atoms with Crippen LogP contribution < -0.4 is 4.74 Å². The van der Waals surface area contributed by atoms with Crippen LogP contribution in [0.25, 0.3) is 0 Å². The van der Waals surface area contributed by atoms with Crippen molar-refractivity contribution in [1.29, 1.82) is 0 Å². The van der Waals surface area contributed by atoms with Crippen LogP contribution in [-0.4, -0.2) is 6.10 Å². The minimum absolute atomic E-state index is 0.454. The molecule has 0 amide bonds. The summed E-state index contributed by atoms with van der Waals surface area (Å²) in [5.74, 6) is 0.937. The van der Waals surface area contributed by atoms with E-state index < -0.39 is 0 Å². The fourth-order valence-electron chi connectivity index (χ4n) is 0.933. The highest BCUT2D eigenvalue weighted by molar-refractivity contribution is 9.11. The zero-order chi connectivity index (χ0) is 8.55. The maximum absolute atomic E-state index is 5.66. The first-order valence-electron chi connectivity index (χ1n) is 3.87. The highest BCUT2D eigenvalue weighted by Crippen LogP contribution is 2.33. The first kappa shape index (κ1) is 8.57. The maximum atomic E-state index is 5.66. The summed E-state index contributed by atoms with van der Waals surface area (Å²) < 4.78 is 7.74. The zero-order valence-electron chi connectivity index (χ0n) is 6.39. The molecule has 1 saturated carbocycles. The number of halogens is 2. The van der Waals surface area contributed by atoms with Crippen molar-refractivity contribution in [1.82, 2.24) is 0 Å². The summed E-state index contributed by atoms with van der Waals surface area (Å²) >= 11 is 6.85. The van der Waals surface area contributed by atoms with E-state index in [-0.39, 0.29) is 0 Å². The van der Waals surface area contributed by atoms with Crippen LogP contribution in [0.2, 0.25) is 0 Å². The largest absolute Gasteiger partial charge is 0.489 e. The molecule has 0 saturated heterocycles. The molecule has 0 atom stereocenters. The summed E-state index contributed by atoms with van der Waals surface area (Å²) in [5, 5.41) is 0. The van der Waals surface area contributed by atoms with Gasteiger partial charge in [-0.1, -0.05) is 15.9 Å². The lowest BCUT2D eigenvalue weighted by Crippen LogP contribution is -1.96. The van der Waals surface area contributed by atoms with E-state index >= 15 is 0 Å². The minimum atomic E-state index is 0.454. The van der Waals surface area contributed by atoms with Crippen molar-refractivity contribution < 1.29 is 4.74 Å². The Kier molecular flexibility index (Phi) is 2.42. The molecule has 12 heavy (non-hydrogen) atoms. The third kappa shape index (κ3) is 2.02. The van der Waals surface area contributed by atoms with Crippen LogP contribution in [0.3, 0.4) is 0 Å². The standard InChI is InChI=1S/C9H8Br2O/c10-6-1-4-8(11)9(5-6)12-7-2-3-7/h1,4-5,7H,2-3H2. The van der Waals surface area contributed by atoms with Gasteiger partial charge in [0.2, 0.25) is 0 Å². The lowest BCUT2D eigenvalue weighted by atomic mass is 10.3. The maximum Gasteiger partial charge on any atom is 0.135 e. The minimum Gasteiger partial charge on any atom is -0.489 e. The number of hydrogen-bond acceptors (Lipinski definition) is 1. The highest BCUT2D eigenvalue weighted by atomic mass is 79.9. The van der Waals surface area contributed by atoms with Crippen molar-refractivity contribution in [3.05, 3.63) is 27.1 Å². The molecule has 1 aliphatic rings. The van der Waals surface area contributed by atoms with Crippen LogP contribution in [0, 0.1) is 0 Å². The predicted molar refractivity (Wildman–Crippen MR) is 55.5 cm³/mol. The SMILES string of the molecule is Brc1ccc(Br)c(OC2CC2)c1. The summed E-state index contributed by atoms with van der Waals surface area (Å²) in [6.45, 7) is 0. The van der Waals surface area contributed by atoms with E-state index in [9.17, 15) is 0 Å². The van der Waals surface area contributed by atoms with Gasteiger partial charge in [-0.15, -0.1) is 0 Å². The van der Waals surface area contributed by atoms with E-state index in [2.05, 4.69) is 31.9 Å². The molecule has 2 rings (SSSR count). The lowest BCUT2D eigenvalue weighted by Gasteiger charge is -2.06. The van der Waals surface area contributed by atoms with Crippen molar-refractivity contribution in [3.8, 4) is 5.75 Å². The summed E-state index contributed by atoms with van der Waals surface area (Å²) in [4.78, 5) is 0. The quantitative estimate of drug-likeness (QED) is 0.806. The second-order valence-electron chi connectivity index (χ2n) is 2.89. The molecule has 0 spiro atoms. The van der Waals surface area contributed by atoms with Crippen molar-refractivity contribution in [2.75, 3.05) is 0 Å². The summed E-state index contributed by atoms with van der Waals surface area (Å²) in [7, 11) is 0. The van der Waals surface area contributed by atoms with E-state index in [0.717, 1.165) is 14.7 Å². The van der Waals surface area contributed by atoms with E-state index in [4.69, 9.17) is 4.74 Å². The van der Waals surface area contributed by atoms with Crippen LogP contribution >= 0.6 is 31.9 Å². The second kappa shape index (κ2) is 3.38. The molecule has 1 aliphatic carbocycles. The molecule has 64 valence electrons. The van der Waals surface area contributed by atoms with E-state index in [0.29, 0.717) is 6.10 Å². The molecule has 0 heterocycles. The first-order chi connectivity index (χ1) is 5.75. The number of benzene rings is 1. The Morgan fingerprint density at radius 2 is 2.00 bits per heavy atom. The molecule has 1 nitrogen and oxygen atoms in total. The predicted octanol–water partition coefficient (Wildman–Crippen LogP) is 3.75. The summed E-state index contributed by atoms with van der Waals surface area (Å²) in [6.07, 6.45) is 2.84. The lowest BCUT2D eigenvalue weighted by molar-refractivity contribution is 0.301.